The van der Waals surface area contributed by atoms with Crippen LogP contribution in [0.25, 0.3) is 0 Å². The van der Waals surface area contributed by atoms with Crippen molar-refractivity contribution in [3.63, 3.8) is 0 Å². The van der Waals surface area contributed by atoms with Gasteiger partial charge in [0.2, 0.25) is 10.0 Å². The molecule has 1 aromatic carbocycles. The topological polar surface area (TPSA) is 113 Å². The summed E-state index contributed by atoms with van der Waals surface area (Å²) < 4.78 is 51.8. The van der Waals surface area contributed by atoms with E-state index in [4.69, 9.17) is 0 Å². The highest BCUT2D eigenvalue weighted by molar-refractivity contribution is 7.93. The lowest BCUT2D eigenvalue weighted by molar-refractivity contribution is 0.458. The molecule has 0 fully saturated rings. The Morgan fingerprint density at radius 3 is 2.38 bits per heavy atom. The Labute approximate surface area is 126 Å². The summed E-state index contributed by atoms with van der Waals surface area (Å²) in [5, 5.41) is 12.7. The van der Waals surface area contributed by atoms with Gasteiger partial charge in [0.05, 0.1) is 10.6 Å². The number of hydrogen-bond donors (Lipinski definition) is 3. The first-order chi connectivity index (χ1) is 9.76. The molecule has 0 atom stereocenters. The number of phenolic OH excluding ortho intramolecular Hbond substituents is 1. The summed E-state index contributed by atoms with van der Waals surface area (Å²) in [6, 6.07) is 4.85. The zero-order valence-corrected chi connectivity index (χ0v) is 13.2. The van der Waals surface area contributed by atoms with Gasteiger partial charge in [-0.25, -0.2) is 21.6 Å². The second kappa shape index (κ2) is 5.64. The Morgan fingerprint density at radius 1 is 1.10 bits per heavy atom. The van der Waals surface area contributed by atoms with Gasteiger partial charge in [0, 0.05) is 5.38 Å². The first-order valence-electron chi connectivity index (χ1n) is 5.58. The number of nitrogens with one attached hydrogen (secondary N) is 2. The van der Waals surface area contributed by atoms with Crippen LogP contribution in [0.4, 0.5) is 5.69 Å². The number of phenols is 1. The quantitative estimate of drug-likeness (QED) is 0.702. The van der Waals surface area contributed by atoms with Gasteiger partial charge in [0.25, 0.3) is 10.0 Å². The number of thiophene rings is 1. The van der Waals surface area contributed by atoms with Gasteiger partial charge in [0.1, 0.15) is 10.6 Å². The van der Waals surface area contributed by atoms with E-state index in [1.54, 1.807) is 5.38 Å². The summed E-state index contributed by atoms with van der Waals surface area (Å²) in [4.78, 5) is -0.325. The molecule has 2 aromatic rings. The molecule has 0 unspecified atom stereocenters. The third-order valence-corrected chi connectivity index (χ3v) is 6.23. The first-order valence-corrected chi connectivity index (χ1v) is 9.49. The minimum absolute atomic E-state index is 0.0350. The van der Waals surface area contributed by atoms with E-state index in [0.29, 0.717) is 0 Å². The number of aromatic hydroxyl groups is 1. The highest BCUT2D eigenvalue weighted by Crippen LogP contribution is 2.27. The maximum atomic E-state index is 12.0. The lowest BCUT2D eigenvalue weighted by Crippen LogP contribution is -2.19. The molecule has 0 radical (unpaired) electrons. The fourth-order valence-electron chi connectivity index (χ4n) is 1.52. The molecule has 2 rings (SSSR count). The summed E-state index contributed by atoms with van der Waals surface area (Å²) in [5.74, 6) is -0.470. The number of anilines is 1. The summed E-state index contributed by atoms with van der Waals surface area (Å²) in [6.45, 7) is 0. The molecular weight excluding hydrogens is 336 g/mol. The Morgan fingerprint density at radius 2 is 1.81 bits per heavy atom. The van der Waals surface area contributed by atoms with E-state index in [9.17, 15) is 21.9 Å². The predicted molar refractivity (Wildman–Crippen MR) is 79.5 cm³/mol. The van der Waals surface area contributed by atoms with Gasteiger partial charge >= 0.3 is 0 Å². The molecule has 0 aliphatic heterocycles. The number of rotatable bonds is 5. The van der Waals surface area contributed by atoms with Crippen LogP contribution in [0.15, 0.2) is 44.8 Å². The number of benzene rings is 1. The summed E-state index contributed by atoms with van der Waals surface area (Å²) in [7, 11) is -6.49. The van der Waals surface area contributed by atoms with Crippen molar-refractivity contribution >= 4 is 37.1 Å². The summed E-state index contributed by atoms with van der Waals surface area (Å²) in [6.07, 6.45) is 0. The maximum Gasteiger partial charge on any atom is 0.262 e. The molecule has 10 heteroatoms. The van der Waals surface area contributed by atoms with Crippen LogP contribution >= 0.6 is 11.3 Å². The van der Waals surface area contributed by atoms with Crippen LogP contribution in [0.1, 0.15) is 0 Å². The zero-order valence-electron chi connectivity index (χ0n) is 10.8. The molecular formula is C11H12N2O5S3. The molecule has 1 aromatic heterocycles. The second-order valence-electron chi connectivity index (χ2n) is 3.95. The fourth-order valence-corrected chi connectivity index (χ4v) is 4.45. The second-order valence-corrected chi connectivity index (χ2v) is 8.27. The van der Waals surface area contributed by atoms with E-state index in [1.807, 2.05) is 0 Å². The van der Waals surface area contributed by atoms with Crippen LogP contribution in [0.3, 0.4) is 0 Å². The highest BCUT2D eigenvalue weighted by atomic mass is 32.2. The maximum absolute atomic E-state index is 12.0. The van der Waals surface area contributed by atoms with Crippen molar-refractivity contribution in [3.05, 3.63) is 35.0 Å². The van der Waals surface area contributed by atoms with Crippen molar-refractivity contribution in [1.82, 2.24) is 4.72 Å². The van der Waals surface area contributed by atoms with Crippen LogP contribution in [0.5, 0.6) is 5.75 Å². The molecule has 0 aliphatic rings. The molecule has 0 saturated carbocycles. The molecule has 1 heterocycles. The molecule has 21 heavy (non-hydrogen) atoms. The van der Waals surface area contributed by atoms with E-state index < -0.39 is 30.7 Å². The van der Waals surface area contributed by atoms with Crippen molar-refractivity contribution in [1.29, 1.82) is 0 Å². The van der Waals surface area contributed by atoms with Crippen LogP contribution < -0.4 is 9.44 Å². The predicted octanol–water partition coefficient (Wildman–Crippen LogP) is 1.16. The van der Waals surface area contributed by atoms with Gasteiger partial charge in [0.15, 0.2) is 0 Å². The minimum Gasteiger partial charge on any atom is -0.507 e. The lowest BCUT2D eigenvalue weighted by Gasteiger charge is -2.10. The van der Waals surface area contributed by atoms with Gasteiger partial charge < -0.3 is 5.11 Å². The molecule has 7 nitrogen and oxygen atoms in total. The average Bonchev–Trinajstić information content (AvgIpc) is 2.95. The van der Waals surface area contributed by atoms with E-state index in [1.165, 1.54) is 35.9 Å². The van der Waals surface area contributed by atoms with Crippen molar-refractivity contribution in [3.8, 4) is 5.75 Å². The number of hydrogen-bond acceptors (Lipinski definition) is 6. The molecule has 0 saturated heterocycles. The molecule has 0 amide bonds. The largest absolute Gasteiger partial charge is 0.507 e. The van der Waals surface area contributed by atoms with Gasteiger partial charge in [-0.3, -0.25) is 4.72 Å². The van der Waals surface area contributed by atoms with E-state index in [-0.39, 0.29) is 10.6 Å². The highest BCUT2D eigenvalue weighted by Gasteiger charge is 2.20. The summed E-state index contributed by atoms with van der Waals surface area (Å²) in [5.41, 5.74) is 0.0350. The normalized spacial score (nSPS) is 12.2. The van der Waals surface area contributed by atoms with Gasteiger partial charge in [-0.15, -0.1) is 0 Å². The monoisotopic (exact) mass is 348 g/mol. The Hall–Kier alpha value is -1.62. The van der Waals surface area contributed by atoms with Crippen LogP contribution in [0, 0.1) is 0 Å². The van der Waals surface area contributed by atoms with Gasteiger partial charge in [-0.05, 0) is 36.7 Å². The van der Waals surface area contributed by atoms with Crippen molar-refractivity contribution in [2.24, 2.45) is 0 Å². The molecule has 0 bridgehead atoms. The van der Waals surface area contributed by atoms with Crippen molar-refractivity contribution in [2.45, 2.75) is 9.79 Å². The average molecular weight is 348 g/mol. The zero-order chi connectivity index (χ0) is 15.7. The molecule has 0 spiro atoms. The van der Waals surface area contributed by atoms with Gasteiger partial charge in [-0.2, -0.15) is 11.3 Å². The lowest BCUT2D eigenvalue weighted by atomic mass is 10.3. The minimum atomic E-state index is -3.89. The molecule has 0 aliphatic carbocycles. The van der Waals surface area contributed by atoms with Crippen LogP contribution in [-0.4, -0.2) is 29.0 Å². The first kappa shape index (κ1) is 15.8. The Balaban J connectivity index is 2.42. The van der Waals surface area contributed by atoms with Crippen molar-refractivity contribution in [2.75, 3.05) is 11.8 Å². The third kappa shape index (κ3) is 3.35. The van der Waals surface area contributed by atoms with E-state index in [2.05, 4.69) is 9.44 Å². The summed E-state index contributed by atoms with van der Waals surface area (Å²) >= 11 is 1.23. The number of sulfonamides is 2. The SMILES string of the molecule is CNS(=O)(=O)c1cc(NS(=O)(=O)c2ccsc2)ccc1O. The van der Waals surface area contributed by atoms with E-state index >= 15 is 0 Å². The smallest absolute Gasteiger partial charge is 0.262 e. The standard InChI is InChI=1S/C11H12N2O5S3/c1-12-21(17,18)11-6-8(2-3-10(11)14)13-20(15,16)9-4-5-19-7-9/h2-7,12-14H,1H3. The van der Waals surface area contributed by atoms with Gasteiger partial charge in [-0.1, -0.05) is 0 Å². The van der Waals surface area contributed by atoms with Crippen LogP contribution in [-0.2, 0) is 20.0 Å². The third-order valence-electron chi connectivity index (χ3n) is 2.58. The molecule has 3 N–H and O–H groups in total. The van der Waals surface area contributed by atoms with Crippen LogP contribution in [0.2, 0.25) is 0 Å². The Bertz CT molecular complexity index is 842. The Kier molecular flexibility index (Phi) is 4.23. The fraction of sp³-hybridized carbons (Fsp3) is 0.0909. The van der Waals surface area contributed by atoms with E-state index in [0.717, 1.165) is 12.1 Å². The van der Waals surface area contributed by atoms with Crippen molar-refractivity contribution < 1.29 is 21.9 Å². The molecule has 114 valence electrons.